The molecule has 0 atom stereocenters. The molecule has 0 aliphatic carbocycles. The Hall–Kier alpha value is -3.57. The number of halogens is 2. The van der Waals surface area contributed by atoms with Gasteiger partial charge in [0.1, 0.15) is 10.8 Å². The number of anilines is 2. The van der Waals surface area contributed by atoms with Gasteiger partial charge in [-0.25, -0.2) is 22.6 Å². The standard InChI is InChI=1S/C30H36ClFN4O5S/c1-6-15-42(38,39)34-26-18-21(17-25(32)27(26)40-5)24-16-22(19-33-28(24)31)20-7-9-23(10-8-20)35-11-13-36(14-12-35)29(37)41-30(2,3)4/h7-10,16-19,34H,6,11-15H2,1-5H3. The van der Waals surface area contributed by atoms with Gasteiger partial charge in [-0.3, -0.25) is 4.72 Å². The zero-order valence-electron chi connectivity index (χ0n) is 24.4. The molecule has 9 nitrogen and oxygen atoms in total. The van der Waals surface area contributed by atoms with Crippen LogP contribution in [0.4, 0.5) is 20.6 Å². The van der Waals surface area contributed by atoms with Gasteiger partial charge >= 0.3 is 6.09 Å². The third-order valence-electron chi connectivity index (χ3n) is 6.63. The van der Waals surface area contributed by atoms with E-state index in [0.717, 1.165) is 16.8 Å². The molecular formula is C30H36ClFN4O5S. The third kappa shape index (κ3) is 7.63. The lowest BCUT2D eigenvalue weighted by Crippen LogP contribution is -2.50. The first kappa shape index (κ1) is 31.4. The Morgan fingerprint density at radius 2 is 1.71 bits per heavy atom. The van der Waals surface area contributed by atoms with Crippen LogP contribution in [0.2, 0.25) is 5.15 Å². The lowest BCUT2D eigenvalue weighted by molar-refractivity contribution is 0.0240. The number of aromatic nitrogens is 1. The van der Waals surface area contributed by atoms with Gasteiger partial charge in [-0.05, 0) is 68.7 Å². The summed E-state index contributed by atoms with van der Waals surface area (Å²) in [6.45, 7) is 9.79. The van der Waals surface area contributed by atoms with Crippen LogP contribution in [-0.2, 0) is 14.8 Å². The van der Waals surface area contributed by atoms with E-state index in [1.54, 1.807) is 24.1 Å². The summed E-state index contributed by atoms with van der Waals surface area (Å²) in [6.07, 6.45) is 1.73. The molecule has 0 saturated carbocycles. The summed E-state index contributed by atoms with van der Waals surface area (Å²) in [6, 6.07) is 12.4. The maximum absolute atomic E-state index is 15.0. The predicted molar refractivity (Wildman–Crippen MR) is 164 cm³/mol. The first-order valence-corrected chi connectivity index (χ1v) is 15.7. The normalized spacial score (nSPS) is 14.1. The summed E-state index contributed by atoms with van der Waals surface area (Å²) in [5.41, 5.74) is 2.88. The number of carbonyl (C=O) groups excluding carboxylic acids is 1. The topological polar surface area (TPSA) is 101 Å². The number of hydrogen-bond acceptors (Lipinski definition) is 7. The Morgan fingerprint density at radius 1 is 1.05 bits per heavy atom. The van der Waals surface area contributed by atoms with E-state index >= 15 is 4.39 Å². The van der Waals surface area contributed by atoms with Gasteiger partial charge in [0.25, 0.3) is 0 Å². The van der Waals surface area contributed by atoms with Crippen LogP contribution in [0, 0.1) is 5.82 Å². The summed E-state index contributed by atoms with van der Waals surface area (Å²) in [5.74, 6) is -1.06. The molecule has 0 bridgehead atoms. The molecule has 1 N–H and O–H groups in total. The largest absolute Gasteiger partial charge is 0.492 e. The Bertz CT molecular complexity index is 1540. The number of amides is 1. The minimum Gasteiger partial charge on any atom is -0.492 e. The van der Waals surface area contributed by atoms with Crippen LogP contribution in [0.15, 0.2) is 48.7 Å². The van der Waals surface area contributed by atoms with E-state index in [1.807, 2.05) is 45.0 Å². The molecule has 1 amide bonds. The van der Waals surface area contributed by atoms with E-state index in [4.69, 9.17) is 21.1 Å². The zero-order chi connectivity index (χ0) is 30.7. The highest BCUT2D eigenvalue weighted by Crippen LogP contribution is 2.38. The van der Waals surface area contributed by atoms with E-state index in [9.17, 15) is 13.2 Å². The van der Waals surface area contributed by atoms with Gasteiger partial charge in [0.15, 0.2) is 11.6 Å². The van der Waals surface area contributed by atoms with Gasteiger partial charge in [0.2, 0.25) is 10.0 Å². The van der Waals surface area contributed by atoms with E-state index in [-0.39, 0.29) is 28.4 Å². The average Bonchev–Trinajstić information content (AvgIpc) is 2.92. The average molecular weight is 619 g/mol. The number of piperazine rings is 1. The number of benzene rings is 2. The van der Waals surface area contributed by atoms with Crippen molar-refractivity contribution in [3.8, 4) is 28.0 Å². The molecule has 2 aromatic carbocycles. The van der Waals surface area contributed by atoms with Crippen molar-refractivity contribution in [1.29, 1.82) is 0 Å². The Balaban J connectivity index is 1.54. The summed E-state index contributed by atoms with van der Waals surface area (Å²) in [5, 5.41) is 0.144. The number of nitrogens with zero attached hydrogens (tertiary/aromatic N) is 3. The Labute approximate surface area is 251 Å². The fraction of sp³-hybridized carbons (Fsp3) is 0.400. The van der Waals surface area contributed by atoms with Crippen LogP contribution in [0.5, 0.6) is 5.75 Å². The highest BCUT2D eigenvalue weighted by Gasteiger charge is 2.26. The minimum absolute atomic E-state index is 0.0152. The van der Waals surface area contributed by atoms with Gasteiger partial charge in [-0.1, -0.05) is 30.7 Å². The molecule has 2 heterocycles. The summed E-state index contributed by atoms with van der Waals surface area (Å²) < 4.78 is 52.9. The van der Waals surface area contributed by atoms with Gasteiger partial charge in [-0.2, -0.15) is 0 Å². The van der Waals surface area contributed by atoms with Gasteiger partial charge in [0, 0.05) is 49.2 Å². The lowest BCUT2D eigenvalue weighted by Gasteiger charge is -2.36. The second-order valence-electron chi connectivity index (χ2n) is 11.0. The van der Waals surface area contributed by atoms with Gasteiger partial charge in [0.05, 0.1) is 18.6 Å². The fourth-order valence-corrected chi connectivity index (χ4v) is 6.00. The molecule has 1 fully saturated rings. The highest BCUT2D eigenvalue weighted by molar-refractivity contribution is 7.92. The van der Waals surface area contributed by atoms with E-state index in [1.165, 1.54) is 19.2 Å². The molecule has 1 aliphatic rings. The molecule has 1 saturated heterocycles. The van der Waals surface area contributed by atoms with Crippen molar-refractivity contribution < 1.29 is 27.1 Å². The van der Waals surface area contributed by atoms with Gasteiger partial charge in [-0.15, -0.1) is 0 Å². The van der Waals surface area contributed by atoms with Crippen molar-refractivity contribution in [3.05, 3.63) is 59.6 Å². The number of methoxy groups -OCH3 is 1. The summed E-state index contributed by atoms with van der Waals surface area (Å²) in [4.78, 5) is 20.6. The molecule has 42 heavy (non-hydrogen) atoms. The molecular weight excluding hydrogens is 583 g/mol. The van der Waals surface area contributed by atoms with Crippen molar-refractivity contribution in [2.75, 3.05) is 48.7 Å². The van der Waals surface area contributed by atoms with Crippen LogP contribution >= 0.6 is 11.6 Å². The van der Waals surface area contributed by atoms with E-state index < -0.39 is 21.4 Å². The van der Waals surface area contributed by atoms with Crippen molar-refractivity contribution in [2.24, 2.45) is 0 Å². The van der Waals surface area contributed by atoms with Crippen molar-refractivity contribution in [2.45, 2.75) is 39.7 Å². The maximum atomic E-state index is 15.0. The third-order valence-corrected chi connectivity index (χ3v) is 8.41. The number of ether oxygens (including phenoxy) is 2. The number of rotatable bonds is 8. The van der Waals surface area contributed by atoms with Crippen LogP contribution in [0.3, 0.4) is 0 Å². The molecule has 1 aliphatic heterocycles. The monoisotopic (exact) mass is 618 g/mol. The fourth-order valence-electron chi connectivity index (χ4n) is 4.67. The number of pyridine rings is 1. The van der Waals surface area contributed by atoms with E-state index in [0.29, 0.717) is 43.7 Å². The highest BCUT2D eigenvalue weighted by atomic mass is 35.5. The number of nitrogens with one attached hydrogen (secondary N) is 1. The predicted octanol–water partition coefficient (Wildman–Crippen LogP) is 6.43. The molecule has 1 aromatic heterocycles. The Kier molecular flexibility index (Phi) is 9.52. The van der Waals surface area contributed by atoms with Crippen molar-refractivity contribution in [3.63, 3.8) is 0 Å². The minimum atomic E-state index is -3.70. The van der Waals surface area contributed by atoms with Crippen molar-refractivity contribution >= 4 is 39.1 Å². The Morgan fingerprint density at radius 3 is 2.31 bits per heavy atom. The van der Waals surface area contributed by atoms with Gasteiger partial charge < -0.3 is 19.3 Å². The first-order valence-electron chi connectivity index (χ1n) is 13.7. The first-order chi connectivity index (χ1) is 19.8. The molecule has 226 valence electrons. The SMILES string of the molecule is CCCS(=O)(=O)Nc1cc(-c2cc(-c3ccc(N4CCN(C(=O)OC(C)(C)C)CC4)cc3)cnc2Cl)cc(F)c1OC. The number of carbonyl (C=O) groups is 1. The number of sulfonamides is 1. The molecule has 0 radical (unpaired) electrons. The molecule has 0 spiro atoms. The molecule has 3 aromatic rings. The van der Waals surface area contributed by atoms with Crippen molar-refractivity contribution in [1.82, 2.24) is 9.88 Å². The van der Waals surface area contributed by atoms with Crippen LogP contribution < -0.4 is 14.4 Å². The lowest BCUT2D eigenvalue weighted by atomic mass is 10.0. The van der Waals surface area contributed by atoms with Crippen LogP contribution in [0.1, 0.15) is 34.1 Å². The smallest absolute Gasteiger partial charge is 0.410 e. The van der Waals surface area contributed by atoms with Crippen LogP contribution in [0.25, 0.3) is 22.3 Å². The maximum Gasteiger partial charge on any atom is 0.410 e. The zero-order valence-corrected chi connectivity index (χ0v) is 26.0. The molecule has 4 rings (SSSR count). The molecule has 0 unspecified atom stereocenters. The summed E-state index contributed by atoms with van der Waals surface area (Å²) in [7, 11) is -2.42. The quantitative estimate of drug-likeness (QED) is 0.291. The second-order valence-corrected chi connectivity index (χ2v) is 13.2. The second kappa shape index (κ2) is 12.7. The van der Waals surface area contributed by atoms with E-state index in [2.05, 4.69) is 14.6 Å². The molecule has 12 heteroatoms. The van der Waals surface area contributed by atoms with Crippen LogP contribution in [-0.4, -0.2) is 69.0 Å². The summed E-state index contributed by atoms with van der Waals surface area (Å²) >= 11 is 6.43. The number of hydrogen-bond donors (Lipinski definition) is 1.